The van der Waals surface area contributed by atoms with Gasteiger partial charge in [0.15, 0.2) is 0 Å². The van der Waals surface area contributed by atoms with Gasteiger partial charge >= 0.3 is 5.69 Å². The summed E-state index contributed by atoms with van der Waals surface area (Å²) >= 11 is 0. The number of nitrogens with zero attached hydrogens (tertiary/aromatic N) is 2. The van der Waals surface area contributed by atoms with Crippen LogP contribution in [0, 0.1) is 16.0 Å². The van der Waals surface area contributed by atoms with Gasteiger partial charge in [-0.15, -0.1) is 0 Å². The Kier molecular flexibility index (Phi) is 5.18. The molecule has 1 saturated carbocycles. The number of nitrogens with one attached hydrogen (secondary N) is 1. The van der Waals surface area contributed by atoms with Crippen molar-refractivity contribution in [3.8, 4) is 5.75 Å². The summed E-state index contributed by atoms with van der Waals surface area (Å²) < 4.78 is 0. The second kappa shape index (κ2) is 7.42. The van der Waals surface area contributed by atoms with Crippen molar-refractivity contribution in [1.29, 1.82) is 0 Å². The average molecular weight is 381 g/mol. The Morgan fingerprint density at radius 1 is 1.25 bits per heavy atom. The number of carbonyl (C=O) groups is 1. The number of phenolic OH excluding ortho intramolecular Hbond substituents is 1. The maximum absolute atomic E-state index is 12.3. The summed E-state index contributed by atoms with van der Waals surface area (Å²) in [7, 11) is 0. The van der Waals surface area contributed by atoms with E-state index in [0.29, 0.717) is 0 Å². The van der Waals surface area contributed by atoms with Gasteiger partial charge in [0.1, 0.15) is 0 Å². The van der Waals surface area contributed by atoms with E-state index in [1.165, 1.54) is 30.0 Å². The quantitative estimate of drug-likeness (QED) is 0.466. The first-order valence-electron chi connectivity index (χ1n) is 9.08. The van der Waals surface area contributed by atoms with Crippen molar-refractivity contribution in [3.63, 3.8) is 0 Å². The van der Waals surface area contributed by atoms with Gasteiger partial charge in [-0.3, -0.25) is 14.9 Å². The van der Waals surface area contributed by atoms with Gasteiger partial charge in [0.05, 0.1) is 11.1 Å². The SMILES string of the molecule is CC(C)(C)c1ccc([C@@H]2C[C@@H]2C(=O)N/N=C\c2cccc([N+](=O)[O-])c2O)cc1. The monoisotopic (exact) mass is 381 g/mol. The summed E-state index contributed by atoms with van der Waals surface area (Å²) in [5.41, 5.74) is 4.69. The van der Waals surface area contributed by atoms with E-state index in [1.54, 1.807) is 0 Å². The third kappa shape index (κ3) is 4.19. The molecule has 146 valence electrons. The molecular formula is C21H23N3O4. The number of para-hydroxylation sites is 1. The van der Waals surface area contributed by atoms with E-state index in [0.717, 1.165) is 12.0 Å². The minimum atomic E-state index is -0.676. The van der Waals surface area contributed by atoms with Crippen LogP contribution in [0.15, 0.2) is 47.6 Å². The lowest BCUT2D eigenvalue weighted by molar-refractivity contribution is -0.385. The predicted octanol–water partition coefficient (Wildman–Crippen LogP) is 3.85. The van der Waals surface area contributed by atoms with Crippen LogP contribution in [0.4, 0.5) is 5.69 Å². The maximum Gasteiger partial charge on any atom is 0.311 e. The van der Waals surface area contributed by atoms with E-state index in [2.05, 4.69) is 55.6 Å². The van der Waals surface area contributed by atoms with E-state index in [1.807, 2.05) is 0 Å². The molecule has 1 aliphatic rings. The number of nitro benzene ring substituents is 1. The molecule has 1 amide bonds. The smallest absolute Gasteiger partial charge is 0.311 e. The number of amides is 1. The maximum atomic E-state index is 12.3. The number of benzene rings is 2. The highest BCUT2D eigenvalue weighted by atomic mass is 16.6. The van der Waals surface area contributed by atoms with Crippen molar-refractivity contribution in [1.82, 2.24) is 5.43 Å². The van der Waals surface area contributed by atoms with Crippen LogP contribution in [0.3, 0.4) is 0 Å². The number of hydrogen-bond acceptors (Lipinski definition) is 5. The van der Waals surface area contributed by atoms with Gasteiger partial charge in [0.25, 0.3) is 0 Å². The second-order valence-corrected chi connectivity index (χ2v) is 8.03. The molecular weight excluding hydrogens is 358 g/mol. The zero-order valence-electron chi connectivity index (χ0n) is 16.0. The van der Waals surface area contributed by atoms with Gasteiger partial charge in [-0.05, 0) is 34.9 Å². The average Bonchev–Trinajstić information content (AvgIpc) is 3.43. The van der Waals surface area contributed by atoms with Crippen LogP contribution in [-0.2, 0) is 10.2 Å². The molecule has 2 N–H and O–H groups in total. The standard InChI is InChI=1S/C21H23N3O4/c1-21(2,3)15-9-7-13(8-10-15)16-11-17(16)20(26)23-22-12-14-5-4-6-18(19(14)25)24(27)28/h4-10,12,16-17,25H,11H2,1-3H3,(H,23,26)/b22-12-/t16-,17-/m0/s1. The highest BCUT2D eigenvalue weighted by Crippen LogP contribution is 2.47. The fourth-order valence-electron chi connectivity index (χ4n) is 3.13. The molecule has 2 atom stereocenters. The summed E-state index contributed by atoms with van der Waals surface area (Å²) in [5, 5.41) is 24.5. The van der Waals surface area contributed by atoms with Crippen LogP contribution in [0.2, 0.25) is 0 Å². The van der Waals surface area contributed by atoms with Gasteiger partial charge in [-0.25, -0.2) is 5.43 Å². The lowest BCUT2D eigenvalue weighted by Crippen LogP contribution is -2.20. The molecule has 1 aliphatic carbocycles. The van der Waals surface area contributed by atoms with Crippen LogP contribution in [0.5, 0.6) is 5.75 Å². The number of hydrogen-bond donors (Lipinski definition) is 2. The number of carbonyl (C=O) groups excluding carboxylic acids is 1. The summed E-state index contributed by atoms with van der Waals surface area (Å²) in [4.78, 5) is 22.4. The van der Waals surface area contributed by atoms with Crippen LogP contribution >= 0.6 is 0 Å². The first-order valence-corrected chi connectivity index (χ1v) is 9.08. The molecule has 0 bridgehead atoms. The van der Waals surface area contributed by atoms with E-state index in [4.69, 9.17) is 0 Å². The fourth-order valence-corrected chi connectivity index (χ4v) is 3.13. The molecule has 0 aromatic heterocycles. The van der Waals surface area contributed by atoms with Crippen LogP contribution in [0.1, 0.15) is 49.8 Å². The first kappa shape index (κ1) is 19.5. The third-order valence-electron chi connectivity index (χ3n) is 4.95. The van der Waals surface area contributed by atoms with Crippen molar-refractivity contribution in [2.24, 2.45) is 11.0 Å². The van der Waals surface area contributed by atoms with Gasteiger partial charge in [0.2, 0.25) is 11.7 Å². The Bertz CT molecular complexity index is 930. The Morgan fingerprint density at radius 2 is 1.93 bits per heavy atom. The van der Waals surface area contributed by atoms with Crippen molar-refractivity contribution in [3.05, 3.63) is 69.3 Å². The zero-order chi connectivity index (χ0) is 20.5. The number of phenols is 1. The molecule has 0 aliphatic heterocycles. The minimum Gasteiger partial charge on any atom is -0.502 e. The Hall–Kier alpha value is -3.22. The van der Waals surface area contributed by atoms with E-state index < -0.39 is 16.4 Å². The largest absolute Gasteiger partial charge is 0.502 e. The molecule has 2 aromatic carbocycles. The lowest BCUT2D eigenvalue weighted by Gasteiger charge is -2.19. The zero-order valence-corrected chi connectivity index (χ0v) is 16.0. The highest BCUT2D eigenvalue weighted by Gasteiger charge is 2.44. The number of rotatable bonds is 5. The molecule has 2 aromatic rings. The molecule has 0 unspecified atom stereocenters. The number of nitro groups is 1. The number of hydrazone groups is 1. The van der Waals surface area contributed by atoms with Crippen molar-refractivity contribution in [2.45, 2.75) is 38.5 Å². The van der Waals surface area contributed by atoms with Crippen LogP contribution in [0.25, 0.3) is 0 Å². The van der Waals surface area contributed by atoms with Crippen molar-refractivity contribution in [2.75, 3.05) is 0 Å². The molecule has 0 spiro atoms. The van der Waals surface area contributed by atoms with Crippen LogP contribution in [-0.4, -0.2) is 22.2 Å². The number of aromatic hydroxyl groups is 1. The molecule has 1 fully saturated rings. The van der Waals surface area contributed by atoms with Crippen molar-refractivity contribution >= 4 is 17.8 Å². The van der Waals surface area contributed by atoms with E-state index in [9.17, 15) is 20.0 Å². The lowest BCUT2D eigenvalue weighted by atomic mass is 9.86. The van der Waals surface area contributed by atoms with Crippen LogP contribution < -0.4 is 5.43 Å². The summed E-state index contributed by atoms with van der Waals surface area (Å²) in [6.07, 6.45) is 1.97. The Labute approximate surface area is 163 Å². The summed E-state index contributed by atoms with van der Waals surface area (Å²) in [6.45, 7) is 6.48. The molecule has 7 nitrogen and oxygen atoms in total. The highest BCUT2D eigenvalue weighted by molar-refractivity contribution is 5.88. The molecule has 3 rings (SSSR count). The van der Waals surface area contributed by atoms with E-state index in [-0.39, 0.29) is 28.7 Å². The summed E-state index contributed by atoms with van der Waals surface area (Å²) in [6, 6.07) is 12.5. The minimum absolute atomic E-state index is 0.0889. The summed E-state index contributed by atoms with van der Waals surface area (Å²) in [5.74, 6) is -0.647. The van der Waals surface area contributed by atoms with Crippen molar-refractivity contribution < 1.29 is 14.8 Å². The van der Waals surface area contributed by atoms with Gasteiger partial charge in [-0.2, -0.15) is 5.10 Å². The predicted molar refractivity (Wildman–Crippen MR) is 106 cm³/mol. The molecule has 0 heterocycles. The van der Waals surface area contributed by atoms with Gasteiger partial charge < -0.3 is 5.11 Å². The Balaban J connectivity index is 1.59. The van der Waals surface area contributed by atoms with E-state index >= 15 is 0 Å². The second-order valence-electron chi connectivity index (χ2n) is 8.03. The normalized spacial score (nSPS) is 18.8. The first-order chi connectivity index (χ1) is 13.2. The molecule has 0 saturated heterocycles. The molecule has 28 heavy (non-hydrogen) atoms. The third-order valence-corrected chi connectivity index (χ3v) is 4.95. The molecule has 0 radical (unpaired) electrons. The van der Waals surface area contributed by atoms with Gasteiger partial charge in [0, 0.05) is 17.5 Å². The van der Waals surface area contributed by atoms with Gasteiger partial charge in [-0.1, -0.05) is 51.1 Å². The topological polar surface area (TPSA) is 105 Å². The Morgan fingerprint density at radius 3 is 2.54 bits per heavy atom. The fraction of sp³-hybridized carbons (Fsp3) is 0.333. The molecule has 7 heteroatoms.